The number of nitrogens with one attached hydrogen (secondary N) is 1. The van der Waals surface area contributed by atoms with Crippen molar-refractivity contribution < 1.29 is 0 Å². The molecule has 21 heavy (non-hydrogen) atoms. The van der Waals surface area contributed by atoms with Crippen LogP contribution >= 0.6 is 23.2 Å². The minimum absolute atomic E-state index is 0.617. The van der Waals surface area contributed by atoms with E-state index in [9.17, 15) is 0 Å². The van der Waals surface area contributed by atoms with Crippen LogP contribution in [0, 0.1) is 0 Å². The van der Waals surface area contributed by atoms with E-state index in [0.717, 1.165) is 16.9 Å². The molecule has 0 spiro atoms. The van der Waals surface area contributed by atoms with Crippen LogP contribution in [0.25, 0.3) is 5.69 Å². The van der Waals surface area contributed by atoms with Gasteiger partial charge in [0.1, 0.15) is 12.7 Å². The van der Waals surface area contributed by atoms with Crippen LogP contribution in [0.15, 0.2) is 55.1 Å². The Morgan fingerprint density at radius 3 is 2.52 bits per heavy atom. The van der Waals surface area contributed by atoms with Gasteiger partial charge >= 0.3 is 0 Å². The monoisotopic (exact) mass is 318 g/mol. The predicted octanol–water partition coefficient (Wildman–Crippen LogP) is 4.19. The summed E-state index contributed by atoms with van der Waals surface area (Å²) in [4.78, 5) is 3.97. The first-order valence-electron chi connectivity index (χ1n) is 6.35. The molecule has 0 aliphatic rings. The van der Waals surface area contributed by atoms with Crippen molar-refractivity contribution in [2.24, 2.45) is 0 Å². The van der Waals surface area contributed by atoms with Gasteiger partial charge in [-0.1, -0.05) is 35.3 Å². The molecule has 3 aromatic rings. The van der Waals surface area contributed by atoms with Crippen LogP contribution in [-0.2, 0) is 6.54 Å². The van der Waals surface area contributed by atoms with Crippen LogP contribution in [0.4, 0.5) is 5.69 Å². The van der Waals surface area contributed by atoms with Gasteiger partial charge in [-0.05, 0) is 35.9 Å². The van der Waals surface area contributed by atoms with Crippen molar-refractivity contribution in [1.82, 2.24) is 14.8 Å². The molecular weight excluding hydrogens is 307 g/mol. The quantitative estimate of drug-likeness (QED) is 0.784. The number of halogens is 2. The summed E-state index contributed by atoms with van der Waals surface area (Å²) in [5.41, 5.74) is 2.91. The smallest absolute Gasteiger partial charge is 0.138 e. The highest BCUT2D eigenvalue weighted by atomic mass is 35.5. The highest BCUT2D eigenvalue weighted by Crippen LogP contribution is 2.22. The first-order valence-corrected chi connectivity index (χ1v) is 7.11. The number of para-hydroxylation sites is 2. The Morgan fingerprint density at radius 1 is 1.05 bits per heavy atom. The van der Waals surface area contributed by atoms with E-state index in [1.807, 2.05) is 36.4 Å². The number of aromatic nitrogens is 3. The Bertz CT molecular complexity index is 721. The van der Waals surface area contributed by atoms with Gasteiger partial charge in [-0.3, -0.25) is 0 Å². The summed E-state index contributed by atoms with van der Waals surface area (Å²) >= 11 is 12.0. The summed E-state index contributed by atoms with van der Waals surface area (Å²) < 4.78 is 1.72. The molecule has 6 heteroatoms. The molecule has 1 aromatic heterocycles. The predicted molar refractivity (Wildman–Crippen MR) is 85.1 cm³/mol. The average Bonchev–Trinajstić information content (AvgIpc) is 2.98. The van der Waals surface area contributed by atoms with E-state index in [4.69, 9.17) is 23.2 Å². The third kappa shape index (κ3) is 3.35. The summed E-state index contributed by atoms with van der Waals surface area (Å²) in [5, 5.41) is 8.78. The highest BCUT2D eigenvalue weighted by molar-refractivity contribution is 6.34. The second-order valence-corrected chi connectivity index (χ2v) is 5.36. The third-order valence-electron chi connectivity index (χ3n) is 2.97. The van der Waals surface area contributed by atoms with Crippen molar-refractivity contribution in [2.45, 2.75) is 6.54 Å². The largest absolute Gasteiger partial charge is 0.379 e. The molecule has 0 aliphatic heterocycles. The third-order valence-corrected chi connectivity index (χ3v) is 3.41. The summed E-state index contributed by atoms with van der Waals surface area (Å²) in [6.45, 7) is 0.617. The minimum Gasteiger partial charge on any atom is -0.379 e. The molecular formula is C15H12Cl2N4. The number of hydrogen-bond donors (Lipinski definition) is 1. The van der Waals surface area contributed by atoms with E-state index >= 15 is 0 Å². The van der Waals surface area contributed by atoms with Gasteiger partial charge in [-0.25, -0.2) is 9.67 Å². The second kappa shape index (κ2) is 6.16. The Balaban J connectivity index is 1.82. The van der Waals surface area contributed by atoms with Crippen LogP contribution in [-0.4, -0.2) is 14.8 Å². The molecule has 0 radical (unpaired) electrons. The molecule has 1 N–H and O–H groups in total. The fraction of sp³-hybridized carbons (Fsp3) is 0.0667. The molecule has 0 bridgehead atoms. The van der Waals surface area contributed by atoms with Gasteiger partial charge in [0.2, 0.25) is 0 Å². The van der Waals surface area contributed by atoms with Gasteiger partial charge in [0.05, 0.1) is 11.4 Å². The number of hydrogen-bond acceptors (Lipinski definition) is 3. The molecule has 2 aromatic carbocycles. The first kappa shape index (κ1) is 13.9. The van der Waals surface area contributed by atoms with Gasteiger partial charge in [0, 0.05) is 16.6 Å². The molecule has 0 amide bonds. The zero-order chi connectivity index (χ0) is 14.7. The van der Waals surface area contributed by atoms with E-state index in [-0.39, 0.29) is 0 Å². The molecule has 3 rings (SSSR count). The molecule has 0 aliphatic carbocycles. The Kier molecular flexibility index (Phi) is 4.08. The van der Waals surface area contributed by atoms with Crippen molar-refractivity contribution in [3.05, 3.63) is 70.7 Å². The lowest BCUT2D eigenvalue weighted by molar-refractivity contribution is 0.878. The molecule has 0 saturated carbocycles. The number of anilines is 1. The second-order valence-electron chi connectivity index (χ2n) is 4.49. The maximum Gasteiger partial charge on any atom is 0.138 e. The molecule has 4 nitrogen and oxygen atoms in total. The lowest BCUT2D eigenvalue weighted by Crippen LogP contribution is -2.04. The fourth-order valence-corrected chi connectivity index (χ4v) is 2.64. The lowest BCUT2D eigenvalue weighted by Gasteiger charge is -2.12. The SMILES string of the molecule is Clc1cc(Cl)cc(CNc2ccccc2-n2cncn2)c1. The van der Waals surface area contributed by atoms with Gasteiger partial charge in [-0.15, -0.1) is 0 Å². The first-order chi connectivity index (χ1) is 10.2. The van der Waals surface area contributed by atoms with E-state index in [2.05, 4.69) is 15.4 Å². The zero-order valence-corrected chi connectivity index (χ0v) is 12.5. The van der Waals surface area contributed by atoms with Crippen LogP contribution < -0.4 is 5.32 Å². The Hall–Kier alpha value is -2.04. The molecule has 0 unspecified atom stereocenters. The van der Waals surface area contributed by atoms with Crippen LogP contribution in [0.3, 0.4) is 0 Å². The van der Waals surface area contributed by atoms with Gasteiger partial charge in [-0.2, -0.15) is 5.10 Å². The molecule has 1 heterocycles. The normalized spacial score (nSPS) is 10.6. The molecule has 0 saturated heterocycles. The van der Waals surface area contributed by atoms with Crippen LogP contribution in [0.2, 0.25) is 10.0 Å². The number of nitrogens with zero attached hydrogens (tertiary/aromatic N) is 3. The van der Waals surface area contributed by atoms with E-state index in [0.29, 0.717) is 16.6 Å². The molecule has 106 valence electrons. The van der Waals surface area contributed by atoms with Crippen LogP contribution in [0.1, 0.15) is 5.56 Å². The number of rotatable bonds is 4. The van der Waals surface area contributed by atoms with Gasteiger partial charge < -0.3 is 5.32 Å². The molecule has 0 atom stereocenters. The van der Waals surface area contributed by atoms with Crippen molar-refractivity contribution in [3.63, 3.8) is 0 Å². The summed E-state index contributed by atoms with van der Waals surface area (Å²) in [7, 11) is 0. The van der Waals surface area contributed by atoms with Crippen molar-refractivity contribution in [3.8, 4) is 5.69 Å². The Morgan fingerprint density at radius 2 is 1.81 bits per heavy atom. The fourth-order valence-electron chi connectivity index (χ4n) is 2.07. The van der Waals surface area contributed by atoms with Crippen LogP contribution in [0.5, 0.6) is 0 Å². The zero-order valence-electron chi connectivity index (χ0n) is 11.0. The van der Waals surface area contributed by atoms with E-state index < -0.39 is 0 Å². The Labute approximate surface area is 132 Å². The van der Waals surface area contributed by atoms with Gasteiger partial charge in [0.15, 0.2) is 0 Å². The van der Waals surface area contributed by atoms with Crippen molar-refractivity contribution in [2.75, 3.05) is 5.32 Å². The van der Waals surface area contributed by atoms with Gasteiger partial charge in [0.25, 0.3) is 0 Å². The maximum absolute atomic E-state index is 6.01. The summed E-state index contributed by atoms with van der Waals surface area (Å²) in [6.07, 6.45) is 3.17. The highest BCUT2D eigenvalue weighted by Gasteiger charge is 2.05. The summed E-state index contributed by atoms with van der Waals surface area (Å²) in [5.74, 6) is 0. The number of benzene rings is 2. The lowest BCUT2D eigenvalue weighted by atomic mass is 10.2. The van der Waals surface area contributed by atoms with E-state index in [1.165, 1.54) is 6.33 Å². The summed E-state index contributed by atoms with van der Waals surface area (Å²) in [6, 6.07) is 13.4. The van der Waals surface area contributed by atoms with Crippen molar-refractivity contribution >= 4 is 28.9 Å². The topological polar surface area (TPSA) is 42.7 Å². The average molecular weight is 319 g/mol. The maximum atomic E-state index is 6.01. The standard InChI is InChI=1S/C15H12Cl2N4/c16-12-5-11(6-13(17)7-12)8-19-14-3-1-2-4-15(14)21-10-18-9-20-21/h1-7,9-10,19H,8H2. The minimum atomic E-state index is 0.617. The van der Waals surface area contributed by atoms with E-state index in [1.54, 1.807) is 17.1 Å². The molecule has 0 fully saturated rings. The van der Waals surface area contributed by atoms with Crippen molar-refractivity contribution in [1.29, 1.82) is 0 Å².